The summed E-state index contributed by atoms with van der Waals surface area (Å²) in [6.07, 6.45) is 2.08. The lowest BCUT2D eigenvalue weighted by molar-refractivity contribution is 0.307. The van der Waals surface area contributed by atoms with E-state index in [-0.39, 0.29) is 5.75 Å². The zero-order valence-electron chi connectivity index (χ0n) is 10.7. The van der Waals surface area contributed by atoms with Gasteiger partial charge in [-0.3, -0.25) is 0 Å². The number of phenols is 1. The van der Waals surface area contributed by atoms with Gasteiger partial charge >= 0.3 is 0 Å². The summed E-state index contributed by atoms with van der Waals surface area (Å²) in [6, 6.07) is 5.25. The second kappa shape index (κ2) is 6.78. The van der Waals surface area contributed by atoms with Crippen LogP contribution in [0.2, 0.25) is 0 Å². The number of aromatic hydroxyl groups is 1. The van der Waals surface area contributed by atoms with Crippen LogP contribution in [0.5, 0.6) is 11.5 Å². The molecular weight excluding hydrogens is 216 g/mol. The van der Waals surface area contributed by atoms with Crippen LogP contribution in [0.25, 0.3) is 0 Å². The molecule has 4 heteroatoms. The van der Waals surface area contributed by atoms with Crippen molar-refractivity contribution in [1.82, 2.24) is 5.43 Å². The first-order valence-corrected chi connectivity index (χ1v) is 5.86. The van der Waals surface area contributed by atoms with Crippen molar-refractivity contribution >= 4 is 5.71 Å². The average Bonchev–Trinajstić information content (AvgIpc) is 2.29. The zero-order chi connectivity index (χ0) is 12.7. The maximum Gasteiger partial charge on any atom is 0.132 e. The Labute approximate surface area is 102 Å². The van der Waals surface area contributed by atoms with Gasteiger partial charge in [-0.25, -0.2) is 0 Å². The Morgan fingerprint density at radius 2 is 2.24 bits per heavy atom. The van der Waals surface area contributed by atoms with Crippen LogP contribution in [0.15, 0.2) is 23.3 Å². The summed E-state index contributed by atoms with van der Waals surface area (Å²) in [7, 11) is 1.72. The number of nitrogens with zero attached hydrogens (tertiary/aromatic N) is 1. The number of benzene rings is 1. The second-order valence-electron chi connectivity index (χ2n) is 3.77. The highest BCUT2D eigenvalue weighted by molar-refractivity contribution is 6.03. The van der Waals surface area contributed by atoms with E-state index in [1.165, 1.54) is 0 Å². The van der Waals surface area contributed by atoms with Crippen molar-refractivity contribution in [3.8, 4) is 11.5 Å². The molecule has 0 spiro atoms. The quantitative estimate of drug-likeness (QED) is 0.453. The third-order valence-corrected chi connectivity index (χ3v) is 2.40. The molecule has 4 nitrogen and oxygen atoms in total. The van der Waals surface area contributed by atoms with E-state index in [9.17, 15) is 5.11 Å². The monoisotopic (exact) mass is 236 g/mol. The van der Waals surface area contributed by atoms with Gasteiger partial charge in [0, 0.05) is 7.05 Å². The number of ether oxygens (including phenoxy) is 1. The average molecular weight is 236 g/mol. The minimum absolute atomic E-state index is 0.190. The van der Waals surface area contributed by atoms with Gasteiger partial charge in [0.1, 0.15) is 11.5 Å². The number of hydrazone groups is 1. The molecule has 0 unspecified atom stereocenters. The van der Waals surface area contributed by atoms with Crippen molar-refractivity contribution < 1.29 is 9.84 Å². The molecule has 17 heavy (non-hydrogen) atoms. The predicted molar refractivity (Wildman–Crippen MR) is 69.8 cm³/mol. The SMILES string of the molecule is CCCCOc1cccc(O)c1/C(C)=N\NC. The number of nitrogens with one attached hydrogen (secondary N) is 1. The molecule has 0 aliphatic heterocycles. The third kappa shape index (κ3) is 3.66. The molecule has 0 aliphatic carbocycles. The Morgan fingerprint density at radius 1 is 1.47 bits per heavy atom. The molecule has 0 aliphatic rings. The van der Waals surface area contributed by atoms with Gasteiger partial charge in [0.25, 0.3) is 0 Å². The van der Waals surface area contributed by atoms with Gasteiger partial charge < -0.3 is 15.3 Å². The Bertz CT molecular complexity index is 389. The Balaban J connectivity index is 2.96. The second-order valence-corrected chi connectivity index (χ2v) is 3.77. The molecular formula is C13H20N2O2. The molecule has 0 saturated carbocycles. The number of hydrogen-bond acceptors (Lipinski definition) is 4. The molecule has 1 aromatic carbocycles. The van der Waals surface area contributed by atoms with E-state index in [0.29, 0.717) is 23.6 Å². The van der Waals surface area contributed by atoms with Gasteiger partial charge in [-0.1, -0.05) is 19.4 Å². The van der Waals surface area contributed by atoms with E-state index in [1.54, 1.807) is 19.2 Å². The van der Waals surface area contributed by atoms with Crippen LogP contribution < -0.4 is 10.2 Å². The fourth-order valence-corrected chi connectivity index (χ4v) is 1.55. The summed E-state index contributed by atoms with van der Waals surface area (Å²) in [4.78, 5) is 0. The van der Waals surface area contributed by atoms with E-state index in [1.807, 2.05) is 13.0 Å². The number of hydrogen-bond donors (Lipinski definition) is 2. The highest BCUT2D eigenvalue weighted by Gasteiger charge is 2.11. The maximum absolute atomic E-state index is 9.86. The molecule has 0 radical (unpaired) electrons. The number of unbranched alkanes of at least 4 members (excludes halogenated alkanes) is 1. The first-order valence-electron chi connectivity index (χ1n) is 5.86. The Hall–Kier alpha value is -1.71. The van der Waals surface area contributed by atoms with E-state index >= 15 is 0 Å². The first-order chi connectivity index (χ1) is 8.20. The lowest BCUT2D eigenvalue weighted by atomic mass is 10.1. The normalized spacial score (nSPS) is 11.4. The van der Waals surface area contributed by atoms with E-state index in [0.717, 1.165) is 12.8 Å². The van der Waals surface area contributed by atoms with Crippen LogP contribution in [0.4, 0.5) is 0 Å². The van der Waals surface area contributed by atoms with Crippen molar-refractivity contribution in [2.45, 2.75) is 26.7 Å². The molecule has 0 atom stereocenters. The van der Waals surface area contributed by atoms with Crippen molar-refractivity contribution in [2.75, 3.05) is 13.7 Å². The van der Waals surface area contributed by atoms with Gasteiger partial charge in [-0.05, 0) is 25.5 Å². The number of rotatable bonds is 6. The van der Waals surface area contributed by atoms with E-state index < -0.39 is 0 Å². The Kier molecular flexibility index (Phi) is 5.33. The molecule has 0 saturated heterocycles. The van der Waals surface area contributed by atoms with Gasteiger partial charge in [0.2, 0.25) is 0 Å². The van der Waals surface area contributed by atoms with Crippen molar-refractivity contribution in [2.24, 2.45) is 5.10 Å². The predicted octanol–water partition coefficient (Wildman–Crippen LogP) is 2.51. The minimum Gasteiger partial charge on any atom is -0.507 e. The van der Waals surface area contributed by atoms with E-state index in [2.05, 4.69) is 17.5 Å². The van der Waals surface area contributed by atoms with Gasteiger partial charge in [-0.2, -0.15) is 5.10 Å². The fourth-order valence-electron chi connectivity index (χ4n) is 1.55. The van der Waals surface area contributed by atoms with E-state index in [4.69, 9.17) is 4.74 Å². The molecule has 0 heterocycles. The standard InChI is InChI=1S/C13H20N2O2/c1-4-5-9-17-12-8-6-7-11(16)13(12)10(2)15-14-3/h6-8,14,16H,4-5,9H2,1-3H3/b15-10-. The molecule has 94 valence electrons. The van der Waals surface area contributed by atoms with Crippen LogP contribution in [0.1, 0.15) is 32.3 Å². The Morgan fingerprint density at radius 3 is 2.88 bits per heavy atom. The fraction of sp³-hybridized carbons (Fsp3) is 0.462. The molecule has 0 fully saturated rings. The minimum atomic E-state index is 0.190. The van der Waals surface area contributed by atoms with Gasteiger partial charge in [-0.15, -0.1) is 0 Å². The van der Waals surface area contributed by atoms with Crippen molar-refractivity contribution in [1.29, 1.82) is 0 Å². The lowest BCUT2D eigenvalue weighted by Crippen LogP contribution is -2.07. The summed E-state index contributed by atoms with van der Waals surface area (Å²) >= 11 is 0. The van der Waals surface area contributed by atoms with Crippen LogP contribution >= 0.6 is 0 Å². The largest absolute Gasteiger partial charge is 0.507 e. The molecule has 0 aromatic heterocycles. The van der Waals surface area contributed by atoms with Crippen molar-refractivity contribution in [3.05, 3.63) is 23.8 Å². The van der Waals surface area contributed by atoms with Crippen LogP contribution in [0.3, 0.4) is 0 Å². The summed E-state index contributed by atoms with van der Waals surface area (Å²) < 4.78 is 5.66. The van der Waals surface area contributed by atoms with Crippen LogP contribution in [0, 0.1) is 0 Å². The highest BCUT2D eigenvalue weighted by Crippen LogP contribution is 2.28. The molecule has 0 bridgehead atoms. The van der Waals surface area contributed by atoms with Crippen LogP contribution in [-0.2, 0) is 0 Å². The number of phenolic OH excluding ortho intramolecular Hbond substituents is 1. The molecule has 1 aromatic rings. The smallest absolute Gasteiger partial charge is 0.132 e. The zero-order valence-corrected chi connectivity index (χ0v) is 10.7. The molecule has 2 N–H and O–H groups in total. The molecule has 1 rings (SSSR count). The summed E-state index contributed by atoms with van der Waals surface area (Å²) in [6.45, 7) is 4.60. The molecule has 0 amide bonds. The van der Waals surface area contributed by atoms with Gasteiger partial charge in [0.05, 0.1) is 17.9 Å². The summed E-state index contributed by atoms with van der Waals surface area (Å²) in [5, 5.41) is 13.9. The van der Waals surface area contributed by atoms with Gasteiger partial charge in [0.15, 0.2) is 0 Å². The topological polar surface area (TPSA) is 53.9 Å². The summed E-state index contributed by atoms with van der Waals surface area (Å²) in [5.41, 5.74) is 4.07. The third-order valence-electron chi connectivity index (χ3n) is 2.40. The van der Waals surface area contributed by atoms with Crippen molar-refractivity contribution in [3.63, 3.8) is 0 Å². The summed E-state index contributed by atoms with van der Waals surface area (Å²) in [5.74, 6) is 0.866. The highest BCUT2D eigenvalue weighted by atomic mass is 16.5. The first kappa shape index (κ1) is 13.4. The van der Waals surface area contributed by atoms with Crippen LogP contribution in [-0.4, -0.2) is 24.5 Å². The maximum atomic E-state index is 9.86. The lowest BCUT2D eigenvalue weighted by Gasteiger charge is -2.12.